The molecule has 0 amide bonds. The molecule has 0 radical (unpaired) electrons. The molecule has 1 rings (SSSR count). The van der Waals surface area contributed by atoms with Crippen molar-refractivity contribution in [3.05, 3.63) is 0 Å². The third kappa shape index (κ3) is 1.78. The van der Waals surface area contributed by atoms with Crippen molar-refractivity contribution in [3.63, 3.8) is 0 Å². The maximum atomic E-state index is 5.19. The number of alkyl halides is 1. The fourth-order valence-corrected chi connectivity index (χ4v) is 1.21. The van der Waals surface area contributed by atoms with Crippen molar-refractivity contribution < 1.29 is 4.74 Å². The van der Waals surface area contributed by atoms with Crippen molar-refractivity contribution in [1.82, 2.24) is 0 Å². The quantitative estimate of drug-likeness (QED) is 0.498. The Labute approximate surface area is 52.2 Å². The van der Waals surface area contributed by atoms with Gasteiger partial charge in [0.2, 0.25) is 0 Å². The Balaban J connectivity index is 2.12. The highest BCUT2D eigenvalue weighted by Gasteiger charge is 2.07. The maximum Gasteiger partial charge on any atom is 0.112 e. The third-order valence-electron chi connectivity index (χ3n) is 1.12. The molecule has 0 aromatic rings. The van der Waals surface area contributed by atoms with Gasteiger partial charge in [-0.1, -0.05) is 15.9 Å². The normalized spacial score (nSPS) is 33.0. The average Bonchev–Trinajstić information content (AvgIpc) is 1.69. The van der Waals surface area contributed by atoms with Crippen LogP contribution in [0.4, 0.5) is 0 Å². The van der Waals surface area contributed by atoms with Crippen molar-refractivity contribution >= 4 is 15.9 Å². The molecule has 0 N–H and O–H groups in total. The van der Waals surface area contributed by atoms with Crippen LogP contribution in [0.25, 0.3) is 0 Å². The summed E-state index contributed by atoms with van der Waals surface area (Å²) in [5.74, 6) is 0. The van der Waals surface area contributed by atoms with E-state index >= 15 is 0 Å². The lowest BCUT2D eigenvalue weighted by atomic mass is 10.2. The largest absolute Gasteiger partial charge is 0.367 e. The van der Waals surface area contributed by atoms with Crippen LogP contribution in [-0.4, -0.2) is 11.6 Å². The minimum absolute atomic E-state index is 0.348. The van der Waals surface area contributed by atoms with Crippen LogP contribution in [0.2, 0.25) is 0 Å². The summed E-state index contributed by atoms with van der Waals surface area (Å²) < 4.78 is 5.19. The highest BCUT2D eigenvalue weighted by atomic mass is 79.9. The molecule has 0 aromatic carbocycles. The smallest absolute Gasteiger partial charge is 0.112 e. The topological polar surface area (TPSA) is 9.23 Å². The molecular weight excluding hydrogens is 156 g/mol. The summed E-state index contributed by atoms with van der Waals surface area (Å²) in [4.78, 5) is 0. The first-order valence-corrected chi connectivity index (χ1v) is 3.57. The highest BCUT2D eigenvalue weighted by molar-refractivity contribution is 9.09. The molecule has 1 aliphatic rings. The summed E-state index contributed by atoms with van der Waals surface area (Å²) in [7, 11) is 0. The molecule has 0 bridgehead atoms. The van der Waals surface area contributed by atoms with Crippen LogP contribution in [0.3, 0.4) is 0 Å². The molecule has 0 saturated carbocycles. The van der Waals surface area contributed by atoms with E-state index in [1.165, 1.54) is 19.3 Å². The first-order chi connectivity index (χ1) is 3.39. The second-order valence-corrected chi connectivity index (χ2v) is 2.80. The van der Waals surface area contributed by atoms with Crippen molar-refractivity contribution in [3.8, 4) is 0 Å². The lowest BCUT2D eigenvalue weighted by Crippen LogP contribution is -2.11. The Kier molecular flexibility index (Phi) is 2.13. The van der Waals surface area contributed by atoms with Gasteiger partial charge in [0, 0.05) is 6.61 Å². The second kappa shape index (κ2) is 2.68. The zero-order valence-corrected chi connectivity index (χ0v) is 5.78. The van der Waals surface area contributed by atoms with Gasteiger partial charge in [-0.25, -0.2) is 0 Å². The molecule has 1 nitrogen and oxygen atoms in total. The Morgan fingerprint density at radius 2 is 2.29 bits per heavy atom. The summed E-state index contributed by atoms with van der Waals surface area (Å²) in [5.41, 5.74) is 0. The summed E-state index contributed by atoms with van der Waals surface area (Å²) in [6.45, 7) is 0.940. The van der Waals surface area contributed by atoms with Crippen molar-refractivity contribution in [2.75, 3.05) is 6.61 Å². The van der Waals surface area contributed by atoms with Gasteiger partial charge in [-0.05, 0) is 19.3 Å². The Bertz CT molecular complexity index is 50.0. The van der Waals surface area contributed by atoms with Crippen LogP contribution in [0.5, 0.6) is 0 Å². The van der Waals surface area contributed by atoms with E-state index in [4.69, 9.17) is 4.74 Å². The van der Waals surface area contributed by atoms with E-state index in [-0.39, 0.29) is 0 Å². The van der Waals surface area contributed by atoms with Crippen molar-refractivity contribution in [2.24, 2.45) is 0 Å². The van der Waals surface area contributed by atoms with E-state index < -0.39 is 0 Å². The van der Waals surface area contributed by atoms with Crippen LogP contribution in [-0.2, 0) is 4.74 Å². The summed E-state index contributed by atoms with van der Waals surface area (Å²) >= 11 is 3.37. The number of halogens is 1. The number of rotatable bonds is 0. The summed E-state index contributed by atoms with van der Waals surface area (Å²) in [5, 5.41) is 0.348. The molecule has 0 spiro atoms. The first-order valence-electron chi connectivity index (χ1n) is 2.65. The lowest BCUT2D eigenvalue weighted by Gasteiger charge is -2.15. The van der Waals surface area contributed by atoms with Gasteiger partial charge >= 0.3 is 0 Å². The van der Waals surface area contributed by atoms with Crippen LogP contribution in [0.1, 0.15) is 19.3 Å². The molecule has 1 aliphatic heterocycles. The van der Waals surface area contributed by atoms with Crippen molar-refractivity contribution in [1.29, 1.82) is 0 Å². The first kappa shape index (κ1) is 5.57. The zero-order valence-electron chi connectivity index (χ0n) is 4.19. The van der Waals surface area contributed by atoms with Gasteiger partial charge in [0.05, 0.1) is 0 Å². The van der Waals surface area contributed by atoms with Gasteiger partial charge < -0.3 is 4.74 Å². The highest BCUT2D eigenvalue weighted by Crippen LogP contribution is 2.16. The van der Waals surface area contributed by atoms with E-state index in [9.17, 15) is 0 Å². The minimum Gasteiger partial charge on any atom is -0.367 e. The fraction of sp³-hybridized carbons (Fsp3) is 1.00. The number of hydrogen-bond donors (Lipinski definition) is 0. The summed E-state index contributed by atoms with van der Waals surface area (Å²) in [6.07, 6.45) is 3.73. The Morgan fingerprint density at radius 3 is 2.57 bits per heavy atom. The van der Waals surface area contributed by atoms with Gasteiger partial charge in [0.15, 0.2) is 0 Å². The van der Waals surface area contributed by atoms with Gasteiger partial charge in [0.1, 0.15) is 5.01 Å². The standard InChI is InChI=1S/C5H9BrO/c6-5-3-1-2-4-7-5/h5H,1-4H2/t5-/m0/s1. The third-order valence-corrected chi connectivity index (χ3v) is 1.85. The van der Waals surface area contributed by atoms with E-state index in [0.717, 1.165) is 6.61 Å². The van der Waals surface area contributed by atoms with E-state index in [0.29, 0.717) is 5.01 Å². The van der Waals surface area contributed by atoms with E-state index in [2.05, 4.69) is 15.9 Å². The van der Waals surface area contributed by atoms with Crippen molar-refractivity contribution in [2.45, 2.75) is 24.3 Å². The molecule has 2 heteroatoms. The van der Waals surface area contributed by atoms with Gasteiger partial charge in [-0.3, -0.25) is 0 Å². The molecule has 7 heavy (non-hydrogen) atoms. The molecular formula is C5H9BrO. The average molecular weight is 165 g/mol. The SMILES string of the molecule is Br[C@@H]1CCCCO1. The molecule has 1 heterocycles. The van der Waals surface area contributed by atoms with Gasteiger partial charge in [-0.15, -0.1) is 0 Å². The minimum atomic E-state index is 0.348. The van der Waals surface area contributed by atoms with Crippen LogP contribution < -0.4 is 0 Å². The van der Waals surface area contributed by atoms with E-state index in [1.54, 1.807) is 0 Å². The fourth-order valence-electron chi connectivity index (χ4n) is 0.701. The maximum absolute atomic E-state index is 5.19. The molecule has 0 unspecified atom stereocenters. The predicted molar refractivity (Wildman–Crippen MR) is 32.5 cm³/mol. The van der Waals surface area contributed by atoms with Crippen LogP contribution in [0, 0.1) is 0 Å². The molecule has 1 atom stereocenters. The molecule has 1 saturated heterocycles. The van der Waals surface area contributed by atoms with E-state index in [1.807, 2.05) is 0 Å². The summed E-state index contributed by atoms with van der Waals surface area (Å²) in [6, 6.07) is 0. The molecule has 0 aliphatic carbocycles. The number of hydrogen-bond acceptors (Lipinski definition) is 1. The zero-order chi connectivity index (χ0) is 5.11. The monoisotopic (exact) mass is 164 g/mol. The molecule has 0 aromatic heterocycles. The van der Waals surface area contributed by atoms with Gasteiger partial charge in [0.25, 0.3) is 0 Å². The predicted octanol–water partition coefficient (Wildman–Crippen LogP) is 1.91. The Morgan fingerprint density at radius 1 is 1.43 bits per heavy atom. The second-order valence-electron chi connectivity index (χ2n) is 1.78. The number of ether oxygens (including phenoxy) is 1. The Hall–Kier alpha value is 0.440. The van der Waals surface area contributed by atoms with Gasteiger partial charge in [-0.2, -0.15) is 0 Å². The van der Waals surface area contributed by atoms with Crippen LogP contribution >= 0.6 is 15.9 Å². The lowest BCUT2D eigenvalue weighted by molar-refractivity contribution is 0.0772. The molecule has 42 valence electrons. The van der Waals surface area contributed by atoms with Crippen LogP contribution in [0.15, 0.2) is 0 Å². The molecule has 1 fully saturated rings.